The van der Waals surface area contributed by atoms with Gasteiger partial charge in [0.05, 0.1) is 0 Å². The van der Waals surface area contributed by atoms with Gasteiger partial charge in [-0.3, -0.25) is 9.59 Å². The van der Waals surface area contributed by atoms with E-state index in [-0.39, 0.29) is 16.9 Å². The Kier molecular flexibility index (Phi) is 5.37. The van der Waals surface area contributed by atoms with Crippen molar-refractivity contribution in [2.24, 2.45) is 0 Å². The van der Waals surface area contributed by atoms with E-state index in [1.807, 2.05) is 41.3 Å². The molecule has 4 rings (SSSR count). The van der Waals surface area contributed by atoms with Crippen LogP contribution in [0.3, 0.4) is 0 Å². The zero-order chi connectivity index (χ0) is 21.3. The number of rotatable bonds is 4. The second kappa shape index (κ2) is 7.98. The maximum Gasteiger partial charge on any atom is 0.253 e. The van der Waals surface area contributed by atoms with Crippen molar-refractivity contribution < 1.29 is 4.79 Å². The van der Waals surface area contributed by atoms with Gasteiger partial charge >= 0.3 is 0 Å². The van der Waals surface area contributed by atoms with Gasteiger partial charge in [0.15, 0.2) is 0 Å². The molecule has 2 N–H and O–H groups in total. The van der Waals surface area contributed by atoms with Crippen LogP contribution < -0.4 is 10.9 Å². The van der Waals surface area contributed by atoms with Gasteiger partial charge in [-0.25, -0.2) is 0 Å². The molecule has 30 heavy (non-hydrogen) atoms. The molecule has 1 aliphatic rings. The van der Waals surface area contributed by atoms with Gasteiger partial charge in [-0.05, 0) is 71.7 Å². The van der Waals surface area contributed by atoms with Crippen LogP contribution in [0, 0.1) is 0 Å². The number of hydrogen-bond acceptors (Lipinski definition) is 3. The van der Waals surface area contributed by atoms with Gasteiger partial charge in [0.1, 0.15) is 0 Å². The summed E-state index contributed by atoms with van der Waals surface area (Å²) in [7, 11) is 0. The molecule has 2 heterocycles. The van der Waals surface area contributed by atoms with Crippen molar-refractivity contribution >= 4 is 22.5 Å². The number of nitrogens with one attached hydrogen (secondary N) is 2. The van der Waals surface area contributed by atoms with Crippen LogP contribution in [0.5, 0.6) is 0 Å². The second-order valence-electron chi connectivity index (χ2n) is 9.11. The van der Waals surface area contributed by atoms with Crippen LogP contribution in [-0.2, 0) is 12.0 Å². The van der Waals surface area contributed by atoms with E-state index < -0.39 is 0 Å². The lowest BCUT2D eigenvalue weighted by Gasteiger charge is -2.19. The van der Waals surface area contributed by atoms with Gasteiger partial charge in [-0.1, -0.05) is 26.8 Å². The minimum Gasteiger partial charge on any atom is -0.381 e. The Bertz CT molecular complexity index is 1120. The molecule has 0 aliphatic carbocycles. The van der Waals surface area contributed by atoms with Gasteiger partial charge < -0.3 is 15.2 Å². The van der Waals surface area contributed by atoms with Gasteiger partial charge in [0, 0.05) is 42.0 Å². The van der Waals surface area contributed by atoms with Crippen LogP contribution in [0.25, 0.3) is 10.9 Å². The molecule has 1 amide bonds. The van der Waals surface area contributed by atoms with E-state index in [1.165, 1.54) is 5.56 Å². The minimum atomic E-state index is -0.0839. The molecule has 1 aliphatic heterocycles. The number of anilines is 1. The zero-order valence-corrected chi connectivity index (χ0v) is 17.9. The van der Waals surface area contributed by atoms with Crippen molar-refractivity contribution in [1.29, 1.82) is 0 Å². The third kappa shape index (κ3) is 4.25. The number of aromatic nitrogens is 1. The van der Waals surface area contributed by atoms with E-state index in [4.69, 9.17) is 0 Å². The number of fused-ring (bicyclic) bond motifs is 1. The first-order chi connectivity index (χ1) is 14.3. The molecule has 3 aromatic rings. The first-order valence-electron chi connectivity index (χ1n) is 10.6. The molecule has 5 heteroatoms. The van der Waals surface area contributed by atoms with Crippen LogP contribution in [0.1, 0.15) is 55.1 Å². The lowest BCUT2D eigenvalue weighted by atomic mass is 9.86. The number of hydrogen-bond donors (Lipinski definition) is 2. The molecule has 5 nitrogen and oxygen atoms in total. The fourth-order valence-electron chi connectivity index (χ4n) is 3.88. The molecule has 1 aromatic heterocycles. The third-order valence-corrected chi connectivity index (χ3v) is 5.80. The Balaban J connectivity index is 1.49. The Labute approximate surface area is 177 Å². The molecule has 2 aromatic carbocycles. The van der Waals surface area contributed by atoms with E-state index >= 15 is 0 Å². The standard InChI is InChI=1S/C25H29N3O2/c1-25(2,3)20-8-11-22-18(15-20)14-19(23(29)27-22)16-26-21-9-6-17(7-10-21)24(30)28-12-4-5-13-28/h6-11,14-15,26H,4-5,12-13,16H2,1-3H3,(H,27,29). The highest BCUT2D eigenvalue weighted by Crippen LogP contribution is 2.25. The molecule has 1 saturated heterocycles. The maximum absolute atomic E-state index is 12.5. The van der Waals surface area contributed by atoms with E-state index in [0.29, 0.717) is 17.7 Å². The van der Waals surface area contributed by atoms with E-state index in [2.05, 4.69) is 43.2 Å². The topological polar surface area (TPSA) is 65.2 Å². The second-order valence-corrected chi connectivity index (χ2v) is 9.11. The van der Waals surface area contributed by atoms with Crippen molar-refractivity contribution in [2.75, 3.05) is 18.4 Å². The molecule has 0 bridgehead atoms. The smallest absolute Gasteiger partial charge is 0.253 e. The van der Waals surface area contributed by atoms with Crippen molar-refractivity contribution in [3.63, 3.8) is 0 Å². The van der Waals surface area contributed by atoms with Crippen molar-refractivity contribution in [3.05, 3.63) is 75.6 Å². The summed E-state index contributed by atoms with van der Waals surface area (Å²) in [5.74, 6) is 0.0969. The van der Waals surface area contributed by atoms with Crippen LogP contribution >= 0.6 is 0 Å². The Hall–Kier alpha value is -3.08. The number of carbonyl (C=O) groups excluding carboxylic acids is 1. The summed E-state index contributed by atoms with van der Waals surface area (Å²) in [6, 6.07) is 15.7. The summed E-state index contributed by atoms with van der Waals surface area (Å²) in [6.45, 7) is 8.66. The molecule has 0 saturated carbocycles. The summed E-state index contributed by atoms with van der Waals surface area (Å²) < 4.78 is 0. The van der Waals surface area contributed by atoms with E-state index in [9.17, 15) is 9.59 Å². The summed E-state index contributed by atoms with van der Waals surface area (Å²) in [6.07, 6.45) is 2.17. The number of aromatic amines is 1. The number of pyridine rings is 1. The Morgan fingerprint density at radius 1 is 1.03 bits per heavy atom. The summed E-state index contributed by atoms with van der Waals surface area (Å²) in [5.41, 5.74) is 4.33. The van der Waals surface area contributed by atoms with Gasteiger partial charge in [0.2, 0.25) is 0 Å². The normalized spacial score (nSPS) is 14.3. The predicted octanol–water partition coefficient (Wildman–Crippen LogP) is 4.67. The molecule has 0 unspecified atom stereocenters. The van der Waals surface area contributed by atoms with Gasteiger partial charge in [0.25, 0.3) is 11.5 Å². The molecule has 156 valence electrons. The molecule has 1 fully saturated rings. The summed E-state index contributed by atoms with van der Waals surface area (Å²) in [4.78, 5) is 29.8. The average molecular weight is 404 g/mol. The van der Waals surface area contributed by atoms with Gasteiger partial charge in [-0.15, -0.1) is 0 Å². The number of likely N-dealkylation sites (tertiary alicyclic amines) is 1. The number of carbonyl (C=O) groups is 1. The van der Waals surface area contributed by atoms with E-state index in [0.717, 1.165) is 42.5 Å². The SMILES string of the molecule is CC(C)(C)c1ccc2[nH]c(=O)c(CNc3ccc(C(=O)N4CCCC4)cc3)cc2c1. The largest absolute Gasteiger partial charge is 0.381 e. The first kappa shape index (κ1) is 20.2. The van der Waals surface area contributed by atoms with Crippen LogP contribution in [0.4, 0.5) is 5.69 Å². The predicted molar refractivity (Wildman–Crippen MR) is 122 cm³/mol. The van der Waals surface area contributed by atoms with E-state index in [1.54, 1.807) is 0 Å². The highest BCUT2D eigenvalue weighted by molar-refractivity contribution is 5.94. The quantitative estimate of drug-likeness (QED) is 0.665. The van der Waals surface area contributed by atoms with Crippen LogP contribution in [-0.4, -0.2) is 28.9 Å². The third-order valence-electron chi connectivity index (χ3n) is 5.80. The Morgan fingerprint density at radius 2 is 1.73 bits per heavy atom. The van der Waals surface area contributed by atoms with Crippen molar-refractivity contribution in [1.82, 2.24) is 9.88 Å². The first-order valence-corrected chi connectivity index (χ1v) is 10.6. The highest BCUT2D eigenvalue weighted by Gasteiger charge is 2.19. The molecular weight excluding hydrogens is 374 g/mol. The highest BCUT2D eigenvalue weighted by atomic mass is 16.2. The molecular formula is C25H29N3O2. The monoisotopic (exact) mass is 403 g/mol. The van der Waals surface area contributed by atoms with Crippen LogP contribution in [0.15, 0.2) is 53.3 Å². The molecule has 0 radical (unpaired) electrons. The molecule has 0 atom stereocenters. The average Bonchev–Trinajstić information content (AvgIpc) is 3.26. The van der Waals surface area contributed by atoms with Crippen molar-refractivity contribution in [2.45, 2.75) is 45.6 Å². The maximum atomic E-state index is 12.5. The lowest BCUT2D eigenvalue weighted by molar-refractivity contribution is 0.0793. The van der Waals surface area contributed by atoms with Crippen molar-refractivity contribution in [3.8, 4) is 0 Å². The number of benzene rings is 2. The summed E-state index contributed by atoms with van der Waals surface area (Å²) >= 11 is 0. The number of nitrogens with zero attached hydrogens (tertiary/aromatic N) is 1. The fraction of sp³-hybridized carbons (Fsp3) is 0.360. The molecule has 0 spiro atoms. The number of H-pyrrole nitrogens is 1. The zero-order valence-electron chi connectivity index (χ0n) is 17.9. The van der Waals surface area contributed by atoms with Crippen LogP contribution in [0.2, 0.25) is 0 Å². The van der Waals surface area contributed by atoms with Gasteiger partial charge in [-0.2, -0.15) is 0 Å². The Morgan fingerprint density at radius 3 is 2.40 bits per heavy atom. The number of amides is 1. The fourth-order valence-corrected chi connectivity index (χ4v) is 3.88. The summed E-state index contributed by atoms with van der Waals surface area (Å²) in [5, 5.41) is 4.33. The lowest BCUT2D eigenvalue weighted by Crippen LogP contribution is -2.27. The minimum absolute atomic E-state index is 0.0526.